The number of carboxylic acids is 2. The number of carboxylic acid groups (broad SMARTS) is 2. The molecule has 4 saturated carbocycles. The van der Waals surface area contributed by atoms with Crippen molar-refractivity contribution in [1.82, 2.24) is 40.2 Å². The van der Waals surface area contributed by atoms with Crippen molar-refractivity contribution in [3.63, 3.8) is 0 Å². The van der Waals surface area contributed by atoms with Gasteiger partial charge in [0.25, 0.3) is 16.0 Å². The third-order valence-corrected chi connectivity index (χ3v) is 22.8. The lowest BCUT2D eigenvalue weighted by molar-refractivity contribution is -0.271. The van der Waals surface area contributed by atoms with Crippen molar-refractivity contribution in [2.75, 3.05) is 81.5 Å². The minimum Gasteiger partial charge on any atom is -0.479 e. The number of aliphatic carboxylic acids is 1. The number of aliphatic hydroxyl groups is 3. The Bertz CT molecular complexity index is 4500. The van der Waals surface area contributed by atoms with Gasteiger partial charge in [-0.05, 0) is 159 Å². The van der Waals surface area contributed by atoms with E-state index in [1.54, 1.807) is 62.3 Å². The molecule has 32 nitrogen and oxygen atoms in total. The summed E-state index contributed by atoms with van der Waals surface area (Å²) < 4.78 is 64.2. The van der Waals surface area contributed by atoms with Crippen molar-refractivity contribution >= 4 is 102 Å². The maximum atomic E-state index is 13.9. The van der Waals surface area contributed by atoms with Crippen LogP contribution in [0.4, 0.5) is 15.7 Å². The largest absolute Gasteiger partial charge is 0.479 e. The topological polar surface area (TPSA) is 445 Å². The van der Waals surface area contributed by atoms with Crippen LogP contribution in [0.5, 0.6) is 5.75 Å². The second kappa shape index (κ2) is 36.2. The van der Waals surface area contributed by atoms with E-state index in [-0.39, 0.29) is 110 Å². The number of thioether (sulfide) groups is 1. The molecule has 35 heteroatoms. The molecule has 3 aromatic carbocycles. The van der Waals surface area contributed by atoms with Crippen molar-refractivity contribution in [2.24, 2.45) is 16.2 Å². The molecule has 3 aromatic heterocycles. The van der Waals surface area contributed by atoms with Gasteiger partial charge in [-0.3, -0.25) is 33.7 Å². The van der Waals surface area contributed by atoms with E-state index in [0.29, 0.717) is 78.5 Å². The zero-order valence-electron chi connectivity index (χ0n) is 62.9. The second-order valence-electron chi connectivity index (χ2n) is 30.2. The Morgan fingerprint density at radius 1 is 0.874 bits per heavy atom. The van der Waals surface area contributed by atoms with Gasteiger partial charge in [-0.25, -0.2) is 24.4 Å². The summed E-state index contributed by atoms with van der Waals surface area (Å²) in [6, 6.07) is 20.3. The number of carbonyl (C=O) groups excluding carboxylic acids is 7. The molecule has 600 valence electrons. The first-order valence-electron chi connectivity index (χ1n) is 36.6. The summed E-state index contributed by atoms with van der Waals surface area (Å²) >= 11 is 3.15. The molecule has 0 spiro atoms. The number of hydrogen-bond acceptors (Lipinski definition) is 25. The first-order valence-corrected chi connectivity index (χ1v) is 40.6. The minimum absolute atomic E-state index is 0.00830. The van der Waals surface area contributed by atoms with Crippen LogP contribution in [0.2, 0.25) is 0 Å². The number of nitrogens with one attached hydrogen (secondary N) is 3. The van der Waals surface area contributed by atoms with Gasteiger partial charge in [-0.2, -0.15) is 34.9 Å². The third kappa shape index (κ3) is 20.6. The summed E-state index contributed by atoms with van der Waals surface area (Å²) in [7, 11) is -2.72. The smallest absolute Gasteiger partial charge is 0.409 e. The number of aryl methyl sites for hydroxylation is 1. The number of carbonyl (C=O) groups is 7. The van der Waals surface area contributed by atoms with Crippen LogP contribution in [0.1, 0.15) is 134 Å². The van der Waals surface area contributed by atoms with Crippen LogP contribution in [-0.4, -0.2) is 236 Å². The highest BCUT2D eigenvalue weighted by Crippen LogP contribution is 2.72. The lowest BCUT2D eigenvalue weighted by Gasteiger charge is -2.69. The number of nitrogens with zero attached hydrogens (tertiary/aromatic N) is 7. The van der Waals surface area contributed by atoms with Crippen molar-refractivity contribution in [1.29, 1.82) is 0 Å². The molecule has 3 aliphatic heterocycles. The van der Waals surface area contributed by atoms with Crippen LogP contribution in [-0.2, 0) is 90.4 Å². The van der Waals surface area contributed by atoms with Gasteiger partial charge >= 0.3 is 24.2 Å². The fourth-order valence-corrected chi connectivity index (χ4v) is 18.5. The predicted octanol–water partition coefficient (Wildman–Crippen LogP) is 6.29. The number of likely N-dealkylation sites (tertiary alicyclic amines) is 1. The highest BCUT2D eigenvalue weighted by atomic mass is 32.2. The van der Waals surface area contributed by atoms with E-state index >= 15 is 0 Å². The molecule has 111 heavy (non-hydrogen) atoms. The van der Waals surface area contributed by atoms with E-state index in [0.717, 1.165) is 65.6 Å². The Labute approximate surface area is 650 Å². The summed E-state index contributed by atoms with van der Waals surface area (Å²) in [5.41, 5.74) is 5.03. The van der Waals surface area contributed by atoms with Crippen LogP contribution in [0.3, 0.4) is 0 Å². The highest BCUT2D eigenvalue weighted by molar-refractivity contribution is 7.97. The second-order valence-corrected chi connectivity index (χ2v) is 33.6. The summed E-state index contributed by atoms with van der Waals surface area (Å²) in [6.07, 6.45) is 3.18. The van der Waals surface area contributed by atoms with Crippen molar-refractivity contribution in [3.8, 4) is 16.9 Å². The molecule has 9 atom stereocenters. The molecule has 6 fully saturated rings. The lowest BCUT2D eigenvalue weighted by Crippen LogP contribution is -2.64. The van der Waals surface area contributed by atoms with Gasteiger partial charge in [0.2, 0.25) is 24.0 Å². The number of para-hydroxylation sites is 1. The summed E-state index contributed by atoms with van der Waals surface area (Å²) in [4.78, 5) is 122. The number of benzene rings is 3. The molecule has 6 aromatic rings. The standard InChI is InChI=1S/C73H90N10O20S2.C2H6S.CO2/c1-6-56(84)76-52-29-46(34-99-26-27-105(96,97)98)82(64(52)90)32-57(85)74-22-10-9-12-43-17-18-45(53(28-43)102-67-61(88)59(86)60(87)62(103-67)66(93)94)33-100-69(95)80(5)24-25-101-73-38-70(3)35-71(4,39-73)37-72(36-70,40-73)41-83-42(2)49(30-75-83)47-19-20-55(78-58(47)65(91)92)81-23-21-44-13-11-14-48(50(44)31-81)63(89)79-68-77-51-15-7-8-16-54(51)104-68;1-3-2;2-1-3/h7-8,11,13-20,28,30,46,52,59-62,67,86-88H,6,9-10,12,21-27,29,31-41H2,1-5H3,(H,74,85)(H,76,84)(H,91,92)(H,93,94)(H,77,79,89)(H,96,97,98);1-2H3;/t46-,52-,59-,60-,61+,62-,67+,70?,71?,72?,73?;;/m0../s1. The van der Waals surface area contributed by atoms with Crippen LogP contribution in [0.15, 0.2) is 79.0 Å². The van der Waals surface area contributed by atoms with Gasteiger partial charge in [0, 0.05) is 74.1 Å². The monoisotopic (exact) mass is 1600 g/mol. The average molecular weight is 1600 g/mol. The van der Waals surface area contributed by atoms with E-state index in [1.807, 2.05) is 71.5 Å². The van der Waals surface area contributed by atoms with Gasteiger partial charge in [0.15, 0.2) is 16.9 Å². The fourth-order valence-electron chi connectivity index (χ4n) is 17.4. The number of amides is 5. The summed E-state index contributed by atoms with van der Waals surface area (Å²) in [6.45, 7) is 8.98. The van der Waals surface area contributed by atoms with Gasteiger partial charge in [-0.1, -0.05) is 68.5 Å². The molecule has 13 rings (SSSR count). The SMILES string of the molecule is CCC(=O)N[C@H]1C[C@@H](COCCS(=O)(=O)O)N(CC(=O)NCCCCc2ccc(COC(=O)N(C)CCOC34CC5(C)CC(C)(CC(Cn6ncc(-c7ccc(N8CCc9cccc(C(=O)Nc%10nc%11ccccc%11s%10)c9C8)nc7C(=O)O)c6C)(C5)C3)C4)c(O[C@@H]3O[C@H](C(=O)O)[C@@H](O)[C@H](O)[C@H]3O)c2)C1=O.CSC.O=C=O. The average Bonchev–Trinajstić information content (AvgIpc) is 1.37. The van der Waals surface area contributed by atoms with Crippen LogP contribution < -0.4 is 25.6 Å². The molecule has 7 aliphatic rings. The van der Waals surface area contributed by atoms with E-state index in [1.165, 1.54) is 21.1 Å². The molecule has 2 saturated heterocycles. The van der Waals surface area contributed by atoms with Crippen molar-refractivity contribution in [2.45, 2.75) is 173 Å². The summed E-state index contributed by atoms with van der Waals surface area (Å²) in [5, 5.41) is 66.4. The number of rotatable bonds is 30. The Balaban J connectivity index is 0.00000211. The van der Waals surface area contributed by atoms with Gasteiger partial charge in [0.1, 0.15) is 42.5 Å². The minimum atomic E-state index is -4.30. The van der Waals surface area contributed by atoms with Gasteiger partial charge in [-0.15, -0.1) is 0 Å². The maximum absolute atomic E-state index is 13.9. The Morgan fingerprint density at radius 3 is 2.30 bits per heavy atom. The molecule has 4 aliphatic carbocycles. The van der Waals surface area contributed by atoms with Gasteiger partial charge < -0.3 is 74.6 Å². The Morgan fingerprint density at radius 2 is 1.60 bits per heavy atom. The van der Waals surface area contributed by atoms with Crippen LogP contribution >= 0.6 is 23.1 Å². The zero-order chi connectivity index (χ0) is 80.3. The van der Waals surface area contributed by atoms with Gasteiger partial charge in [0.05, 0.1) is 60.2 Å². The Kier molecular flexibility index (Phi) is 27.6. The summed E-state index contributed by atoms with van der Waals surface area (Å²) in [5.74, 6) is -4.65. The molecule has 6 heterocycles. The highest BCUT2D eigenvalue weighted by Gasteiger charge is 2.66. The molecular weight excluding hydrogens is 1500 g/mol. The van der Waals surface area contributed by atoms with Crippen molar-refractivity contribution < 1.29 is 105 Å². The molecule has 0 radical (unpaired) electrons. The van der Waals surface area contributed by atoms with E-state index < -0.39 is 94.1 Å². The molecular formula is C76H96N10O22S3. The Hall–Kier alpha value is -9.00. The number of fused-ring (bicyclic) bond motifs is 2. The maximum Gasteiger partial charge on any atom is 0.409 e. The number of aromatic carboxylic acids is 1. The van der Waals surface area contributed by atoms with Crippen LogP contribution in [0, 0.1) is 23.2 Å². The molecule has 5 amide bonds. The normalized spacial score (nSPS) is 25.0. The number of likely N-dealkylation sites (N-methyl/N-ethyl adjacent to an activating group) is 1. The number of ether oxygens (including phenoxy) is 5. The molecule has 2 unspecified atom stereocenters. The fraction of sp³-hybridized carbons (Fsp3) is 0.539. The number of aliphatic hydroxyl groups excluding tert-OH is 3. The number of pyridine rings is 1. The first-order chi connectivity index (χ1) is 52.7. The van der Waals surface area contributed by atoms with Crippen molar-refractivity contribution in [3.05, 3.63) is 118 Å². The number of anilines is 2. The van der Waals surface area contributed by atoms with E-state index in [9.17, 15) is 67.5 Å². The number of aromatic nitrogens is 4. The number of thiazole rings is 1. The zero-order valence-corrected chi connectivity index (χ0v) is 65.3. The third-order valence-electron chi connectivity index (χ3n) is 21.2. The van der Waals surface area contributed by atoms with E-state index in [4.69, 9.17) is 47.9 Å². The predicted molar refractivity (Wildman–Crippen MR) is 405 cm³/mol. The number of hydrogen-bond donors (Lipinski definition) is 9. The number of unbranched alkanes of at least 4 members (excludes halogenated alkanes) is 1. The van der Waals surface area contributed by atoms with E-state index in [2.05, 4.69) is 34.8 Å². The quantitative estimate of drug-likeness (QED) is 0.0177. The first kappa shape index (κ1) is 84.4. The lowest BCUT2D eigenvalue weighted by atomic mass is 9.39. The molecule has 9 N–H and O–H groups in total. The van der Waals surface area contributed by atoms with Crippen LogP contribution in [0.25, 0.3) is 21.3 Å². The molecule has 4 bridgehead atoms.